The first-order valence-electron chi connectivity index (χ1n) is 6.73. The van der Waals surface area contributed by atoms with Gasteiger partial charge in [-0.15, -0.1) is 0 Å². The fourth-order valence-corrected chi connectivity index (χ4v) is 2.31. The minimum atomic E-state index is -4.34. The summed E-state index contributed by atoms with van der Waals surface area (Å²) in [6.07, 6.45) is -2.64. The van der Waals surface area contributed by atoms with Crippen LogP contribution in [0.5, 0.6) is 0 Å². The lowest BCUT2D eigenvalue weighted by atomic mass is 9.97. The fourth-order valence-electron chi connectivity index (χ4n) is 2.31. The van der Waals surface area contributed by atoms with E-state index >= 15 is 0 Å². The van der Waals surface area contributed by atoms with Crippen molar-refractivity contribution in [3.63, 3.8) is 0 Å². The van der Waals surface area contributed by atoms with Crippen molar-refractivity contribution in [1.29, 1.82) is 0 Å². The lowest BCUT2D eigenvalue weighted by Crippen LogP contribution is -2.23. The zero-order chi connectivity index (χ0) is 15.6. The van der Waals surface area contributed by atoms with E-state index in [1.54, 1.807) is 16.9 Å². The second kappa shape index (κ2) is 5.89. The number of nitrogens with one attached hydrogen (secondary N) is 1. The first-order chi connectivity index (χ1) is 9.84. The highest BCUT2D eigenvalue weighted by molar-refractivity contribution is 5.36. The van der Waals surface area contributed by atoms with Crippen molar-refractivity contribution in [1.82, 2.24) is 15.1 Å². The Kier molecular flexibility index (Phi) is 4.37. The number of hydrogen-bond donors (Lipinski definition) is 1. The summed E-state index contributed by atoms with van der Waals surface area (Å²) in [5.41, 5.74) is 1.77. The van der Waals surface area contributed by atoms with Crippen LogP contribution in [-0.2, 0) is 13.2 Å². The van der Waals surface area contributed by atoms with Gasteiger partial charge in [0, 0.05) is 18.3 Å². The molecule has 1 atom stereocenters. The molecule has 0 amide bonds. The Morgan fingerprint density at radius 3 is 2.57 bits per heavy atom. The van der Waals surface area contributed by atoms with Crippen LogP contribution in [0, 0.1) is 6.92 Å². The number of benzene rings is 1. The molecule has 3 nitrogen and oxygen atoms in total. The SMILES string of the molecule is CCNC(c1cccc(C(F)(F)F)c1)c1cnn(C)c1C. The van der Waals surface area contributed by atoms with E-state index in [9.17, 15) is 13.2 Å². The van der Waals surface area contributed by atoms with E-state index in [1.807, 2.05) is 20.9 Å². The molecule has 1 N–H and O–H groups in total. The van der Waals surface area contributed by atoms with Crippen LogP contribution in [0.1, 0.15) is 35.3 Å². The first-order valence-corrected chi connectivity index (χ1v) is 6.73. The summed E-state index contributed by atoms with van der Waals surface area (Å²) >= 11 is 0. The van der Waals surface area contributed by atoms with Crippen LogP contribution in [0.25, 0.3) is 0 Å². The number of hydrogen-bond acceptors (Lipinski definition) is 2. The monoisotopic (exact) mass is 297 g/mol. The molecule has 6 heteroatoms. The molecular weight excluding hydrogens is 279 g/mol. The summed E-state index contributed by atoms with van der Waals surface area (Å²) in [5, 5.41) is 7.40. The van der Waals surface area contributed by atoms with Crippen LogP contribution in [0.4, 0.5) is 13.2 Å². The summed E-state index contributed by atoms with van der Waals surface area (Å²) < 4.78 is 40.3. The van der Waals surface area contributed by atoms with Crippen LogP contribution < -0.4 is 5.32 Å². The van der Waals surface area contributed by atoms with Crippen molar-refractivity contribution in [2.75, 3.05) is 6.54 Å². The third kappa shape index (κ3) is 3.26. The van der Waals surface area contributed by atoms with Gasteiger partial charge in [-0.05, 0) is 31.2 Å². The third-order valence-electron chi connectivity index (χ3n) is 3.54. The van der Waals surface area contributed by atoms with Gasteiger partial charge in [-0.1, -0.05) is 19.1 Å². The molecule has 0 aliphatic heterocycles. The van der Waals surface area contributed by atoms with Gasteiger partial charge in [0.25, 0.3) is 0 Å². The van der Waals surface area contributed by atoms with Gasteiger partial charge in [-0.2, -0.15) is 18.3 Å². The average Bonchev–Trinajstić information content (AvgIpc) is 2.76. The number of halogens is 3. The van der Waals surface area contributed by atoms with E-state index in [4.69, 9.17) is 0 Å². The number of nitrogens with zero attached hydrogens (tertiary/aromatic N) is 2. The van der Waals surface area contributed by atoms with Gasteiger partial charge in [0.2, 0.25) is 0 Å². The standard InChI is InChI=1S/C15H18F3N3/c1-4-19-14(13-9-20-21(3)10(13)2)11-6-5-7-12(8-11)15(16,17)18/h5-9,14,19H,4H2,1-3H3. The highest BCUT2D eigenvalue weighted by Crippen LogP contribution is 2.32. The van der Waals surface area contributed by atoms with Crippen LogP contribution in [0.3, 0.4) is 0 Å². The van der Waals surface area contributed by atoms with Crippen LogP contribution in [0.2, 0.25) is 0 Å². The molecule has 2 aromatic rings. The van der Waals surface area contributed by atoms with Crippen LogP contribution in [-0.4, -0.2) is 16.3 Å². The molecule has 0 bridgehead atoms. The van der Waals surface area contributed by atoms with E-state index in [2.05, 4.69) is 10.4 Å². The first kappa shape index (κ1) is 15.6. The highest BCUT2D eigenvalue weighted by atomic mass is 19.4. The maximum atomic E-state index is 12.9. The lowest BCUT2D eigenvalue weighted by Gasteiger charge is -2.19. The maximum absolute atomic E-state index is 12.9. The summed E-state index contributed by atoms with van der Waals surface area (Å²) in [6, 6.07) is 5.12. The Balaban J connectivity index is 2.46. The molecule has 21 heavy (non-hydrogen) atoms. The quantitative estimate of drug-likeness (QED) is 0.937. The predicted octanol–water partition coefficient (Wildman–Crippen LogP) is 3.45. The second-order valence-electron chi connectivity index (χ2n) is 4.92. The Morgan fingerprint density at radius 1 is 1.33 bits per heavy atom. The Labute approximate surface area is 121 Å². The van der Waals surface area contributed by atoms with E-state index in [0.29, 0.717) is 12.1 Å². The van der Waals surface area contributed by atoms with Gasteiger partial charge in [0.1, 0.15) is 0 Å². The molecule has 0 aliphatic rings. The molecule has 1 aromatic carbocycles. The van der Waals surface area contributed by atoms with Gasteiger partial charge in [0.15, 0.2) is 0 Å². The normalized spacial score (nSPS) is 13.4. The van der Waals surface area contributed by atoms with Gasteiger partial charge in [0.05, 0.1) is 17.8 Å². The van der Waals surface area contributed by atoms with Crippen molar-refractivity contribution >= 4 is 0 Å². The molecule has 0 saturated carbocycles. The van der Waals surface area contributed by atoms with Gasteiger partial charge >= 0.3 is 6.18 Å². The Hall–Kier alpha value is -1.82. The molecule has 0 aliphatic carbocycles. The molecule has 2 rings (SSSR count). The molecular formula is C15H18F3N3. The van der Waals surface area contributed by atoms with Crippen LogP contribution in [0.15, 0.2) is 30.5 Å². The number of rotatable bonds is 4. The smallest absolute Gasteiger partial charge is 0.306 e. The van der Waals surface area contributed by atoms with Crippen molar-refractivity contribution in [2.45, 2.75) is 26.1 Å². The van der Waals surface area contributed by atoms with E-state index in [1.165, 1.54) is 12.1 Å². The number of alkyl halides is 3. The number of aryl methyl sites for hydroxylation is 1. The summed E-state index contributed by atoms with van der Waals surface area (Å²) in [4.78, 5) is 0. The Morgan fingerprint density at radius 2 is 2.05 bits per heavy atom. The zero-order valence-corrected chi connectivity index (χ0v) is 12.2. The topological polar surface area (TPSA) is 29.9 Å². The Bertz CT molecular complexity index is 617. The molecule has 1 aromatic heterocycles. The van der Waals surface area contributed by atoms with Gasteiger partial charge < -0.3 is 5.32 Å². The lowest BCUT2D eigenvalue weighted by molar-refractivity contribution is -0.137. The predicted molar refractivity (Wildman–Crippen MR) is 74.9 cm³/mol. The summed E-state index contributed by atoms with van der Waals surface area (Å²) in [6.45, 7) is 4.47. The van der Waals surface area contributed by atoms with Crippen molar-refractivity contribution in [3.05, 3.63) is 52.8 Å². The average molecular weight is 297 g/mol. The fraction of sp³-hybridized carbons (Fsp3) is 0.400. The van der Waals surface area contributed by atoms with E-state index < -0.39 is 11.7 Å². The van der Waals surface area contributed by atoms with Gasteiger partial charge in [-0.25, -0.2) is 0 Å². The molecule has 0 fully saturated rings. The van der Waals surface area contributed by atoms with E-state index in [0.717, 1.165) is 17.3 Å². The minimum Gasteiger partial charge on any atom is -0.306 e. The second-order valence-corrected chi connectivity index (χ2v) is 4.92. The molecule has 114 valence electrons. The maximum Gasteiger partial charge on any atom is 0.416 e. The molecule has 0 spiro atoms. The van der Waals surface area contributed by atoms with Crippen molar-refractivity contribution in [3.8, 4) is 0 Å². The molecule has 1 heterocycles. The van der Waals surface area contributed by atoms with Crippen LogP contribution >= 0.6 is 0 Å². The largest absolute Gasteiger partial charge is 0.416 e. The molecule has 1 unspecified atom stereocenters. The summed E-state index contributed by atoms with van der Waals surface area (Å²) in [7, 11) is 1.81. The van der Waals surface area contributed by atoms with Crippen molar-refractivity contribution < 1.29 is 13.2 Å². The molecule has 0 saturated heterocycles. The van der Waals surface area contributed by atoms with Crippen molar-refractivity contribution in [2.24, 2.45) is 7.05 Å². The minimum absolute atomic E-state index is 0.300. The zero-order valence-electron chi connectivity index (χ0n) is 12.2. The van der Waals surface area contributed by atoms with E-state index in [-0.39, 0.29) is 6.04 Å². The molecule has 0 radical (unpaired) electrons. The number of aromatic nitrogens is 2. The highest BCUT2D eigenvalue weighted by Gasteiger charge is 2.31. The third-order valence-corrected chi connectivity index (χ3v) is 3.54. The summed E-state index contributed by atoms with van der Waals surface area (Å²) in [5.74, 6) is 0. The van der Waals surface area contributed by atoms with Gasteiger partial charge in [-0.3, -0.25) is 4.68 Å².